The highest BCUT2D eigenvalue weighted by atomic mass is 32.1. The van der Waals surface area contributed by atoms with Gasteiger partial charge in [-0.15, -0.1) is 11.3 Å². The monoisotopic (exact) mass is 309 g/mol. The van der Waals surface area contributed by atoms with E-state index in [2.05, 4.69) is 39.9 Å². The van der Waals surface area contributed by atoms with Crippen molar-refractivity contribution in [3.63, 3.8) is 0 Å². The first-order valence-corrected chi connectivity index (χ1v) is 9.28. The van der Waals surface area contributed by atoms with E-state index in [9.17, 15) is 0 Å². The number of aliphatic imine (C=N–C) groups is 1. The van der Waals surface area contributed by atoms with Crippen LogP contribution in [0.15, 0.2) is 22.5 Å². The summed E-state index contributed by atoms with van der Waals surface area (Å²) in [5.74, 6) is 0. The Labute approximate surface area is 133 Å². The predicted molar refractivity (Wildman–Crippen MR) is 94.1 cm³/mol. The summed E-state index contributed by atoms with van der Waals surface area (Å²) in [4.78, 5) is 5.48. The molecule has 0 bridgehead atoms. The first-order chi connectivity index (χ1) is 9.93. The average Bonchev–Trinajstić information content (AvgIpc) is 2.97. The van der Waals surface area contributed by atoms with Gasteiger partial charge in [-0.1, -0.05) is 57.4 Å². The Morgan fingerprint density at radius 1 is 0.900 bits per heavy atom. The molecule has 1 aromatic rings. The molecule has 0 aromatic carbocycles. The van der Waals surface area contributed by atoms with Gasteiger partial charge in [-0.25, -0.2) is 4.99 Å². The Kier molecular flexibility index (Phi) is 11.8. The smallest absolute Gasteiger partial charge is 0.0584 e. The number of aryl methyl sites for hydroxylation is 1. The van der Waals surface area contributed by atoms with Crippen molar-refractivity contribution in [3.8, 4) is 0 Å². The van der Waals surface area contributed by atoms with Gasteiger partial charge in [-0.3, -0.25) is 0 Å². The summed E-state index contributed by atoms with van der Waals surface area (Å²) in [7, 11) is 0. The van der Waals surface area contributed by atoms with E-state index in [0.717, 1.165) is 6.54 Å². The molecule has 1 aromatic heterocycles. The van der Waals surface area contributed by atoms with E-state index in [1.807, 2.05) is 11.3 Å². The SMILES string of the molecule is S=C=NCCCCCCCCCCCCc1cccs1. The van der Waals surface area contributed by atoms with E-state index < -0.39 is 0 Å². The summed E-state index contributed by atoms with van der Waals surface area (Å²) in [6.07, 6.45) is 14.9. The van der Waals surface area contributed by atoms with Crippen molar-refractivity contribution in [1.82, 2.24) is 0 Å². The third kappa shape index (κ3) is 10.3. The molecule has 20 heavy (non-hydrogen) atoms. The summed E-state index contributed by atoms with van der Waals surface area (Å²) < 4.78 is 0. The molecule has 1 heterocycles. The number of thiocarbonyl (C=S) groups is 1. The third-order valence-electron chi connectivity index (χ3n) is 3.59. The molecule has 0 amide bonds. The highest BCUT2D eigenvalue weighted by Gasteiger charge is 1.95. The Bertz CT molecular complexity index is 353. The van der Waals surface area contributed by atoms with Gasteiger partial charge in [0.2, 0.25) is 0 Å². The van der Waals surface area contributed by atoms with Crippen LogP contribution in [-0.2, 0) is 6.42 Å². The summed E-state index contributed by atoms with van der Waals surface area (Å²) in [5.41, 5.74) is 0. The molecule has 0 unspecified atom stereocenters. The zero-order valence-electron chi connectivity index (χ0n) is 12.5. The van der Waals surface area contributed by atoms with Crippen molar-refractivity contribution in [2.75, 3.05) is 6.54 Å². The molecule has 0 radical (unpaired) electrons. The third-order valence-corrected chi connectivity index (χ3v) is 4.65. The van der Waals surface area contributed by atoms with Crippen LogP contribution in [0.4, 0.5) is 0 Å². The minimum Gasteiger partial charge on any atom is -0.233 e. The van der Waals surface area contributed by atoms with Gasteiger partial charge in [-0.2, -0.15) is 0 Å². The molecular formula is C17H27NS2. The van der Waals surface area contributed by atoms with Gasteiger partial charge >= 0.3 is 0 Å². The lowest BCUT2D eigenvalue weighted by Gasteiger charge is -2.02. The average molecular weight is 310 g/mol. The highest BCUT2D eigenvalue weighted by Crippen LogP contribution is 2.15. The van der Waals surface area contributed by atoms with E-state index in [1.54, 1.807) is 4.88 Å². The first kappa shape index (κ1) is 17.6. The molecule has 0 atom stereocenters. The van der Waals surface area contributed by atoms with E-state index in [-0.39, 0.29) is 0 Å². The molecular weight excluding hydrogens is 282 g/mol. The molecule has 1 nitrogen and oxygen atoms in total. The number of nitrogens with zero attached hydrogens (tertiary/aromatic N) is 1. The second-order valence-corrected chi connectivity index (χ2v) is 6.55. The minimum atomic E-state index is 0.869. The Morgan fingerprint density at radius 2 is 1.50 bits per heavy atom. The van der Waals surface area contributed by atoms with Gasteiger partial charge in [-0.05, 0) is 42.9 Å². The van der Waals surface area contributed by atoms with E-state index in [0.29, 0.717) is 0 Å². The Balaban J connectivity index is 1.73. The van der Waals surface area contributed by atoms with Gasteiger partial charge in [0.15, 0.2) is 0 Å². The molecule has 112 valence electrons. The lowest BCUT2D eigenvalue weighted by Crippen LogP contribution is -1.85. The molecule has 0 aliphatic heterocycles. The van der Waals surface area contributed by atoms with Gasteiger partial charge < -0.3 is 0 Å². The van der Waals surface area contributed by atoms with Crippen LogP contribution in [0.3, 0.4) is 0 Å². The number of hydrogen-bond donors (Lipinski definition) is 0. The molecule has 0 fully saturated rings. The topological polar surface area (TPSA) is 12.4 Å². The van der Waals surface area contributed by atoms with Crippen molar-refractivity contribution in [2.24, 2.45) is 4.99 Å². The number of hydrogen-bond acceptors (Lipinski definition) is 3. The molecule has 0 spiro atoms. The van der Waals surface area contributed by atoms with Gasteiger partial charge in [0.1, 0.15) is 0 Å². The van der Waals surface area contributed by atoms with Crippen molar-refractivity contribution >= 4 is 28.7 Å². The second-order valence-electron chi connectivity index (χ2n) is 5.34. The maximum Gasteiger partial charge on any atom is 0.0584 e. The Morgan fingerprint density at radius 3 is 2.05 bits per heavy atom. The molecule has 0 saturated heterocycles. The predicted octanol–water partition coefficient (Wildman–Crippen LogP) is 6.29. The maximum atomic E-state index is 4.54. The Hall–Kier alpha value is -0.500. The lowest BCUT2D eigenvalue weighted by molar-refractivity contribution is 0.553. The fourth-order valence-electron chi connectivity index (χ4n) is 2.40. The summed E-state index contributed by atoms with van der Waals surface area (Å²) in [6, 6.07) is 4.41. The van der Waals surface area contributed by atoms with Crippen LogP contribution in [0.5, 0.6) is 0 Å². The van der Waals surface area contributed by atoms with Gasteiger partial charge in [0, 0.05) is 11.4 Å². The number of isothiocyanates is 1. The minimum absolute atomic E-state index is 0.869. The zero-order chi connectivity index (χ0) is 14.3. The van der Waals surface area contributed by atoms with Crippen LogP contribution in [0.1, 0.15) is 69.1 Å². The molecule has 0 aliphatic carbocycles. The summed E-state index contributed by atoms with van der Waals surface area (Å²) in [6.45, 7) is 0.869. The first-order valence-electron chi connectivity index (χ1n) is 7.99. The van der Waals surface area contributed by atoms with Crippen molar-refractivity contribution in [2.45, 2.75) is 70.6 Å². The van der Waals surface area contributed by atoms with Crippen molar-refractivity contribution < 1.29 is 0 Å². The second kappa shape index (κ2) is 13.5. The molecule has 1 rings (SSSR count). The summed E-state index contributed by atoms with van der Waals surface area (Å²) in [5, 5.41) is 4.60. The number of unbranched alkanes of at least 4 members (excludes halogenated alkanes) is 9. The molecule has 0 saturated carbocycles. The van der Waals surface area contributed by atoms with Gasteiger partial charge in [0.25, 0.3) is 0 Å². The normalized spacial score (nSPS) is 10.4. The van der Waals surface area contributed by atoms with E-state index in [1.165, 1.54) is 70.6 Å². The van der Waals surface area contributed by atoms with Crippen LogP contribution in [0, 0.1) is 0 Å². The van der Waals surface area contributed by atoms with E-state index in [4.69, 9.17) is 0 Å². The fourth-order valence-corrected chi connectivity index (χ4v) is 3.25. The van der Waals surface area contributed by atoms with Gasteiger partial charge in [0.05, 0.1) is 5.16 Å². The van der Waals surface area contributed by atoms with Crippen LogP contribution in [0.2, 0.25) is 0 Å². The zero-order valence-corrected chi connectivity index (χ0v) is 14.1. The molecule has 3 heteroatoms. The number of rotatable bonds is 13. The number of thiophene rings is 1. The van der Waals surface area contributed by atoms with E-state index >= 15 is 0 Å². The van der Waals surface area contributed by atoms with Crippen LogP contribution < -0.4 is 0 Å². The van der Waals surface area contributed by atoms with Crippen LogP contribution in [0.25, 0.3) is 0 Å². The quantitative estimate of drug-likeness (QED) is 0.237. The fraction of sp³-hybridized carbons (Fsp3) is 0.706. The van der Waals surface area contributed by atoms with Crippen LogP contribution in [-0.4, -0.2) is 11.7 Å². The highest BCUT2D eigenvalue weighted by molar-refractivity contribution is 7.78. The van der Waals surface area contributed by atoms with Crippen LogP contribution >= 0.6 is 23.6 Å². The molecule has 0 N–H and O–H groups in total. The lowest BCUT2D eigenvalue weighted by atomic mass is 10.1. The summed E-state index contributed by atoms with van der Waals surface area (Å²) >= 11 is 6.43. The maximum absolute atomic E-state index is 4.54. The van der Waals surface area contributed by atoms with Crippen molar-refractivity contribution in [3.05, 3.63) is 22.4 Å². The standard InChI is InChI=1S/C17H27NS2/c19-16-18-14-10-8-6-4-2-1-3-5-7-9-12-17-13-11-15-20-17/h11,13,15H,1-10,12,14H2. The molecule has 0 aliphatic rings. The largest absolute Gasteiger partial charge is 0.233 e. The van der Waals surface area contributed by atoms with Crippen molar-refractivity contribution in [1.29, 1.82) is 0 Å².